The second kappa shape index (κ2) is 7.73. The van der Waals surface area contributed by atoms with Crippen LogP contribution in [0, 0.1) is 5.92 Å². The van der Waals surface area contributed by atoms with Gasteiger partial charge in [0.15, 0.2) is 0 Å². The molecule has 0 radical (unpaired) electrons. The van der Waals surface area contributed by atoms with Gasteiger partial charge in [-0.2, -0.15) is 0 Å². The molecule has 0 spiro atoms. The lowest BCUT2D eigenvalue weighted by Gasteiger charge is -2.30. The molecule has 0 aliphatic heterocycles. The molecule has 1 aromatic carbocycles. The van der Waals surface area contributed by atoms with E-state index in [0.29, 0.717) is 12.5 Å². The van der Waals surface area contributed by atoms with E-state index in [0.717, 1.165) is 30.2 Å². The van der Waals surface area contributed by atoms with Gasteiger partial charge in [0.05, 0.1) is 0 Å². The zero-order valence-electron chi connectivity index (χ0n) is 12.5. The van der Waals surface area contributed by atoms with E-state index in [9.17, 15) is 0 Å². The Hall–Kier alpha value is -0.770. The number of halogens is 1. The van der Waals surface area contributed by atoms with E-state index in [2.05, 4.69) is 43.8 Å². The number of nitrogens with two attached hydrogens (primary N) is 1. The summed E-state index contributed by atoms with van der Waals surface area (Å²) in [6.45, 7) is 7.96. The monoisotopic (exact) mass is 283 g/mol. The van der Waals surface area contributed by atoms with Gasteiger partial charge in [-0.05, 0) is 32.1 Å². The molecule has 0 bridgehead atoms. The number of likely N-dealkylation sites (N-methyl/N-ethyl adjacent to an activating group) is 1. The van der Waals surface area contributed by atoms with Crippen LogP contribution in [-0.2, 0) is 6.54 Å². The quantitative estimate of drug-likeness (QED) is 0.835. The topological polar surface area (TPSA) is 32.5 Å². The van der Waals surface area contributed by atoms with Crippen molar-refractivity contribution in [3.63, 3.8) is 0 Å². The fourth-order valence-electron chi connectivity index (χ4n) is 2.12. The normalized spacial score (nSPS) is 11.4. The van der Waals surface area contributed by atoms with Crippen molar-refractivity contribution in [1.82, 2.24) is 4.90 Å². The highest BCUT2D eigenvalue weighted by molar-refractivity contribution is 6.31. The fraction of sp³-hybridized carbons (Fsp3) is 0.600. The summed E-state index contributed by atoms with van der Waals surface area (Å²) in [4.78, 5) is 4.58. The zero-order chi connectivity index (χ0) is 14.4. The van der Waals surface area contributed by atoms with E-state index in [4.69, 9.17) is 17.3 Å². The molecule has 4 heteroatoms. The second-order valence-corrected chi connectivity index (χ2v) is 5.99. The predicted molar refractivity (Wildman–Crippen MR) is 84.9 cm³/mol. The van der Waals surface area contributed by atoms with Crippen LogP contribution >= 0.6 is 11.6 Å². The summed E-state index contributed by atoms with van der Waals surface area (Å²) in [5, 5.41) is 0.763. The minimum absolute atomic E-state index is 0.478. The van der Waals surface area contributed by atoms with Gasteiger partial charge in [-0.15, -0.1) is 0 Å². The van der Waals surface area contributed by atoms with Crippen molar-refractivity contribution in [1.29, 1.82) is 0 Å². The molecule has 0 amide bonds. The zero-order valence-corrected chi connectivity index (χ0v) is 13.2. The van der Waals surface area contributed by atoms with Crippen molar-refractivity contribution in [3.05, 3.63) is 28.8 Å². The van der Waals surface area contributed by atoms with E-state index in [-0.39, 0.29) is 0 Å². The van der Waals surface area contributed by atoms with Crippen LogP contribution < -0.4 is 10.6 Å². The van der Waals surface area contributed by atoms with Gasteiger partial charge in [0.2, 0.25) is 0 Å². The molecule has 108 valence electrons. The number of hydrogen-bond donors (Lipinski definition) is 1. The van der Waals surface area contributed by atoms with Crippen molar-refractivity contribution >= 4 is 17.3 Å². The van der Waals surface area contributed by atoms with Crippen molar-refractivity contribution in [2.45, 2.75) is 20.4 Å². The average molecular weight is 284 g/mol. The average Bonchev–Trinajstić information content (AvgIpc) is 2.33. The molecule has 3 nitrogen and oxygen atoms in total. The maximum absolute atomic E-state index is 6.26. The van der Waals surface area contributed by atoms with Gasteiger partial charge in [0.1, 0.15) is 0 Å². The van der Waals surface area contributed by atoms with Gasteiger partial charge in [-0.25, -0.2) is 0 Å². The van der Waals surface area contributed by atoms with E-state index >= 15 is 0 Å². The molecule has 0 saturated heterocycles. The number of nitrogens with zero attached hydrogens (tertiary/aromatic N) is 2. The molecule has 0 atom stereocenters. The Morgan fingerprint density at radius 1 is 1.21 bits per heavy atom. The molecule has 2 N–H and O–H groups in total. The first-order chi connectivity index (χ1) is 8.95. The molecular formula is C15H26ClN3. The first kappa shape index (κ1) is 16.3. The molecular weight excluding hydrogens is 258 g/mol. The highest BCUT2D eigenvalue weighted by Crippen LogP contribution is 2.27. The van der Waals surface area contributed by atoms with Crippen molar-refractivity contribution in [2.24, 2.45) is 11.7 Å². The number of anilines is 1. The molecule has 0 aliphatic rings. The Kier molecular flexibility index (Phi) is 6.63. The van der Waals surface area contributed by atoms with Crippen molar-refractivity contribution < 1.29 is 0 Å². The summed E-state index contributed by atoms with van der Waals surface area (Å²) < 4.78 is 0. The number of rotatable bonds is 7. The maximum atomic E-state index is 6.26. The van der Waals surface area contributed by atoms with Crippen LogP contribution in [0.25, 0.3) is 0 Å². The maximum Gasteiger partial charge on any atom is 0.0471 e. The molecule has 0 heterocycles. The third kappa shape index (κ3) is 5.01. The van der Waals surface area contributed by atoms with E-state index < -0.39 is 0 Å². The lowest BCUT2D eigenvalue weighted by molar-refractivity contribution is 0.409. The van der Waals surface area contributed by atoms with Gasteiger partial charge < -0.3 is 15.5 Å². The molecule has 0 aliphatic carbocycles. The van der Waals surface area contributed by atoms with Crippen LogP contribution in [0.4, 0.5) is 5.69 Å². The molecule has 1 aromatic rings. The summed E-state index contributed by atoms with van der Waals surface area (Å²) in [6.07, 6.45) is 0. The van der Waals surface area contributed by atoms with Gasteiger partial charge in [0.25, 0.3) is 0 Å². The minimum Gasteiger partial charge on any atom is -0.370 e. The van der Waals surface area contributed by atoms with Gasteiger partial charge in [-0.1, -0.05) is 31.5 Å². The molecule has 0 fully saturated rings. The van der Waals surface area contributed by atoms with Crippen LogP contribution in [0.5, 0.6) is 0 Å². The van der Waals surface area contributed by atoms with Crippen molar-refractivity contribution in [3.8, 4) is 0 Å². The van der Waals surface area contributed by atoms with E-state index in [1.807, 2.05) is 12.1 Å². The number of hydrogen-bond acceptors (Lipinski definition) is 3. The van der Waals surface area contributed by atoms with Gasteiger partial charge in [-0.3, -0.25) is 0 Å². The Bertz CT molecular complexity index is 391. The SMILES string of the molecule is CC(C)CN(CCN(C)C)c1cccc(Cl)c1CN. The summed E-state index contributed by atoms with van der Waals surface area (Å²) in [5.41, 5.74) is 8.07. The standard InChI is InChI=1S/C15H26ClN3/c1-12(2)11-19(9-8-18(3)4)15-7-5-6-14(16)13(15)10-17/h5-7,12H,8-11,17H2,1-4H3. The number of benzene rings is 1. The summed E-state index contributed by atoms with van der Waals surface area (Å²) in [7, 11) is 4.19. The van der Waals surface area contributed by atoms with Crippen LogP contribution in [0.3, 0.4) is 0 Å². The minimum atomic E-state index is 0.478. The third-order valence-corrected chi connectivity index (χ3v) is 3.40. The molecule has 1 rings (SSSR count). The van der Waals surface area contributed by atoms with Crippen LogP contribution in [0.2, 0.25) is 5.02 Å². The third-order valence-electron chi connectivity index (χ3n) is 3.04. The van der Waals surface area contributed by atoms with Gasteiger partial charge >= 0.3 is 0 Å². The summed E-state index contributed by atoms with van der Waals surface area (Å²) in [6, 6.07) is 6.03. The Morgan fingerprint density at radius 2 is 1.89 bits per heavy atom. The predicted octanol–water partition coefficient (Wildman–Crippen LogP) is 2.82. The summed E-state index contributed by atoms with van der Waals surface area (Å²) in [5.74, 6) is 0.603. The fourth-order valence-corrected chi connectivity index (χ4v) is 2.36. The van der Waals surface area contributed by atoms with Crippen molar-refractivity contribution in [2.75, 3.05) is 38.6 Å². The largest absolute Gasteiger partial charge is 0.370 e. The Balaban J connectivity index is 2.98. The Labute approximate surface area is 122 Å². The van der Waals surface area contributed by atoms with Crippen LogP contribution in [0.15, 0.2) is 18.2 Å². The first-order valence-electron chi connectivity index (χ1n) is 6.82. The highest BCUT2D eigenvalue weighted by Gasteiger charge is 2.14. The van der Waals surface area contributed by atoms with Crippen LogP contribution in [-0.4, -0.2) is 38.6 Å². The van der Waals surface area contributed by atoms with E-state index in [1.165, 1.54) is 5.69 Å². The molecule has 19 heavy (non-hydrogen) atoms. The molecule has 0 aromatic heterocycles. The highest BCUT2D eigenvalue weighted by atomic mass is 35.5. The van der Waals surface area contributed by atoms with E-state index in [1.54, 1.807) is 0 Å². The van der Waals surface area contributed by atoms with Gasteiger partial charge in [0, 0.05) is 42.5 Å². The first-order valence-corrected chi connectivity index (χ1v) is 7.20. The lowest BCUT2D eigenvalue weighted by atomic mass is 10.1. The molecule has 0 unspecified atom stereocenters. The Morgan fingerprint density at radius 3 is 2.42 bits per heavy atom. The van der Waals surface area contributed by atoms with Crippen LogP contribution in [0.1, 0.15) is 19.4 Å². The molecule has 0 saturated carbocycles. The lowest BCUT2D eigenvalue weighted by Crippen LogP contribution is -2.35. The second-order valence-electron chi connectivity index (χ2n) is 5.58. The smallest absolute Gasteiger partial charge is 0.0471 e. The summed E-state index contributed by atoms with van der Waals surface area (Å²) >= 11 is 6.26.